The van der Waals surface area contributed by atoms with Crippen molar-refractivity contribution in [3.63, 3.8) is 0 Å². The molecule has 0 spiro atoms. The number of methoxy groups -OCH3 is 2. The number of rotatable bonds is 9. The molecular formula is C24H29BrN2O7S. The van der Waals surface area contributed by atoms with E-state index in [1.165, 1.54) is 29.9 Å². The predicted molar refractivity (Wildman–Crippen MR) is 132 cm³/mol. The van der Waals surface area contributed by atoms with E-state index in [0.717, 1.165) is 42.7 Å². The summed E-state index contributed by atoms with van der Waals surface area (Å²) in [5.41, 5.74) is 0.697. The Morgan fingerprint density at radius 3 is 2.31 bits per heavy atom. The van der Waals surface area contributed by atoms with E-state index in [9.17, 15) is 22.8 Å². The van der Waals surface area contributed by atoms with Crippen molar-refractivity contribution in [1.29, 1.82) is 0 Å². The molecule has 0 aliphatic heterocycles. The lowest BCUT2D eigenvalue weighted by molar-refractivity contribution is -0.140. The van der Waals surface area contributed by atoms with Gasteiger partial charge in [0.05, 0.1) is 41.4 Å². The molecule has 2 aromatic rings. The van der Waals surface area contributed by atoms with Crippen molar-refractivity contribution in [3.8, 4) is 0 Å². The first-order valence-corrected chi connectivity index (χ1v) is 13.5. The molecule has 0 atom stereocenters. The summed E-state index contributed by atoms with van der Waals surface area (Å²) in [6, 6.07) is 7.54. The number of nitrogens with zero attached hydrogens (tertiary/aromatic N) is 2. The number of aromatic nitrogens is 1. The number of carbonyl (C=O) groups is 2. The number of carbonyl (C=O) groups excluding carboxylic acids is 2. The third-order valence-corrected chi connectivity index (χ3v) is 8.57. The molecule has 0 bridgehead atoms. The average molecular weight is 569 g/mol. The van der Waals surface area contributed by atoms with E-state index in [1.54, 1.807) is 12.1 Å². The van der Waals surface area contributed by atoms with Gasteiger partial charge in [-0.2, -0.15) is 4.31 Å². The molecule has 0 N–H and O–H groups in total. The van der Waals surface area contributed by atoms with Gasteiger partial charge in [0, 0.05) is 6.54 Å². The Hall–Kier alpha value is -2.50. The zero-order chi connectivity index (χ0) is 25.8. The second-order valence-electron chi connectivity index (χ2n) is 8.57. The summed E-state index contributed by atoms with van der Waals surface area (Å²) in [4.78, 5) is 38.0. The molecule has 1 fully saturated rings. The van der Waals surface area contributed by atoms with Crippen LogP contribution in [-0.2, 0) is 37.4 Å². The highest BCUT2D eigenvalue weighted by atomic mass is 79.9. The maximum absolute atomic E-state index is 13.6. The molecule has 0 radical (unpaired) electrons. The minimum Gasteiger partial charge on any atom is -0.468 e. The number of sulfonamides is 1. The topological polar surface area (TPSA) is 112 Å². The number of hydrogen-bond acceptors (Lipinski definition) is 7. The summed E-state index contributed by atoms with van der Waals surface area (Å²) < 4.78 is 39.3. The van der Waals surface area contributed by atoms with Gasteiger partial charge in [-0.3, -0.25) is 9.59 Å². The smallest absolute Gasteiger partial charge is 0.339 e. The average Bonchev–Trinajstić information content (AvgIpc) is 3.35. The summed E-state index contributed by atoms with van der Waals surface area (Å²) in [5, 5.41) is 0. The first kappa shape index (κ1) is 27.1. The molecule has 11 heteroatoms. The van der Waals surface area contributed by atoms with Crippen LogP contribution in [0.1, 0.15) is 47.3 Å². The van der Waals surface area contributed by atoms with Crippen molar-refractivity contribution in [1.82, 2.24) is 8.87 Å². The fourth-order valence-electron chi connectivity index (χ4n) is 4.23. The first-order chi connectivity index (χ1) is 16.6. The highest BCUT2D eigenvalue weighted by Gasteiger charge is 2.31. The second-order valence-corrected chi connectivity index (χ2v) is 11.4. The van der Waals surface area contributed by atoms with Crippen molar-refractivity contribution in [3.05, 3.63) is 62.0 Å². The Morgan fingerprint density at radius 2 is 1.74 bits per heavy atom. The van der Waals surface area contributed by atoms with Crippen LogP contribution in [0, 0.1) is 12.8 Å². The molecule has 1 heterocycles. The zero-order valence-electron chi connectivity index (χ0n) is 20.0. The van der Waals surface area contributed by atoms with Gasteiger partial charge in [0.15, 0.2) is 0 Å². The number of ether oxygens (including phenoxy) is 2. The fraction of sp³-hybridized carbons (Fsp3) is 0.458. The van der Waals surface area contributed by atoms with Crippen LogP contribution in [-0.4, -0.2) is 50.0 Å². The number of pyridine rings is 1. The third kappa shape index (κ3) is 6.20. The molecule has 1 aliphatic rings. The van der Waals surface area contributed by atoms with Gasteiger partial charge in [-0.15, -0.1) is 0 Å². The molecule has 3 rings (SSSR count). The minimum atomic E-state index is -4.18. The number of hydrogen-bond donors (Lipinski definition) is 0. The van der Waals surface area contributed by atoms with E-state index < -0.39 is 35.1 Å². The van der Waals surface area contributed by atoms with E-state index in [-0.39, 0.29) is 32.1 Å². The number of aryl methyl sites for hydroxylation is 1. The second kappa shape index (κ2) is 11.5. The molecule has 1 saturated carbocycles. The Balaban J connectivity index is 2.17. The standard InChI is InChI=1S/C24H29BrN2O7S/c1-16-8-10-18(11-9-16)35(31,32)26(15-22(28)33-2)14-21-19(24(30)34-3)12-20(25)23(29)27(21)13-17-6-4-5-7-17/h8-12,17H,4-7,13-15H2,1-3H3. The van der Waals surface area contributed by atoms with E-state index in [0.29, 0.717) is 6.54 Å². The van der Waals surface area contributed by atoms with Gasteiger partial charge in [-0.25, -0.2) is 13.2 Å². The summed E-state index contributed by atoms with van der Waals surface area (Å²) >= 11 is 3.23. The highest BCUT2D eigenvalue weighted by Crippen LogP contribution is 2.28. The number of benzene rings is 1. The van der Waals surface area contributed by atoms with Crippen LogP contribution in [0.5, 0.6) is 0 Å². The van der Waals surface area contributed by atoms with Crippen LogP contribution < -0.4 is 5.56 Å². The highest BCUT2D eigenvalue weighted by molar-refractivity contribution is 9.10. The molecule has 0 unspecified atom stereocenters. The quantitative estimate of drug-likeness (QED) is 0.426. The normalized spacial score (nSPS) is 14.3. The molecule has 190 valence electrons. The lowest BCUT2D eigenvalue weighted by Gasteiger charge is -2.25. The van der Waals surface area contributed by atoms with Gasteiger partial charge in [-0.1, -0.05) is 30.5 Å². The lowest BCUT2D eigenvalue weighted by atomic mass is 10.1. The van der Waals surface area contributed by atoms with Crippen molar-refractivity contribution < 1.29 is 27.5 Å². The molecule has 35 heavy (non-hydrogen) atoms. The Labute approximate surface area is 213 Å². The van der Waals surface area contributed by atoms with Crippen molar-refractivity contribution >= 4 is 37.9 Å². The molecule has 0 amide bonds. The van der Waals surface area contributed by atoms with Crippen LogP contribution in [0.15, 0.2) is 44.5 Å². The van der Waals surface area contributed by atoms with Gasteiger partial charge in [-0.05, 0) is 59.8 Å². The van der Waals surface area contributed by atoms with Gasteiger partial charge in [0.2, 0.25) is 10.0 Å². The van der Waals surface area contributed by atoms with Crippen LogP contribution in [0.2, 0.25) is 0 Å². The minimum absolute atomic E-state index is 0.0200. The van der Waals surface area contributed by atoms with E-state index >= 15 is 0 Å². The predicted octanol–water partition coefficient (Wildman–Crippen LogP) is 3.26. The SMILES string of the molecule is COC(=O)CN(Cc1c(C(=O)OC)cc(Br)c(=O)n1CC1CCCC1)S(=O)(=O)c1ccc(C)cc1. The summed E-state index contributed by atoms with van der Waals surface area (Å²) in [6.45, 7) is 1.16. The number of halogens is 1. The maximum Gasteiger partial charge on any atom is 0.339 e. The Morgan fingerprint density at radius 1 is 1.11 bits per heavy atom. The lowest BCUT2D eigenvalue weighted by Crippen LogP contribution is -2.39. The first-order valence-electron chi connectivity index (χ1n) is 11.2. The van der Waals surface area contributed by atoms with Crippen LogP contribution >= 0.6 is 15.9 Å². The summed E-state index contributed by atoms with van der Waals surface area (Å²) in [6.07, 6.45) is 3.95. The monoisotopic (exact) mass is 568 g/mol. The van der Waals surface area contributed by atoms with Gasteiger partial charge in [0.25, 0.3) is 5.56 Å². The maximum atomic E-state index is 13.6. The molecule has 1 aromatic carbocycles. The molecule has 1 aliphatic carbocycles. The molecule has 9 nitrogen and oxygen atoms in total. The molecule has 1 aromatic heterocycles. The van der Waals surface area contributed by atoms with Crippen LogP contribution in [0.25, 0.3) is 0 Å². The third-order valence-electron chi connectivity index (χ3n) is 6.20. The van der Waals surface area contributed by atoms with Gasteiger partial charge in [0.1, 0.15) is 6.54 Å². The fourth-order valence-corrected chi connectivity index (χ4v) is 6.02. The van der Waals surface area contributed by atoms with E-state index in [1.807, 2.05) is 6.92 Å². The molecular weight excluding hydrogens is 540 g/mol. The summed E-state index contributed by atoms with van der Waals surface area (Å²) in [5.74, 6) is -1.28. The van der Waals surface area contributed by atoms with Crippen molar-refractivity contribution in [2.24, 2.45) is 5.92 Å². The van der Waals surface area contributed by atoms with Crippen molar-refractivity contribution in [2.45, 2.75) is 50.6 Å². The summed E-state index contributed by atoms with van der Waals surface area (Å²) in [7, 11) is -1.81. The Bertz CT molecular complexity index is 1250. The largest absolute Gasteiger partial charge is 0.468 e. The van der Waals surface area contributed by atoms with E-state index in [4.69, 9.17) is 9.47 Å². The van der Waals surface area contributed by atoms with Crippen LogP contribution in [0.3, 0.4) is 0 Å². The Kier molecular flexibility index (Phi) is 8.89. The zero-order valence-corrected chi connectivity index (χ0v) is 22.4. The van der Waals surface area contributed by atoms with Crippen LogP contribution in [0.4, 0.5) is 0 Å². The van der Waals surface area contributed by atoms with Gasteiger partial charge >= 0.3 is 11.9 Å². The van der Waals surface area contributed by atoms with Gasteiger partial charge < -0.3 is 14.0 Å². The molecule has 0 saturated heterocycles. The number of esters is 2. The van der Waals surface area contributed by atoms with Crippen molar-refractivity contribution in [2.75, 3.05) is 20.8 Å². The van der Waals surface area contributed by atoms with E-state index in [2.05, 4.69) is 15.9 Å².